The second-order valence-corrected chi connectivity index (χ2v) is 2.11. The molecule has 0 spiro atoms. The van der Waals surface area contributed by atoms with Crippen molar-refractivity contribution in [2.24, 2.45) is 0 Å². The minimum absolute atomic E-state index is 0.0833. The lowest BCUT2D eigenvalue weighted by atomic mass is 10.2. The van der Waals surface area contributed by atoms with Crippen LogP contribution in [0.5, 0.6) is 0 Å². The van der Waals surface area contributed by atoms with Crippen LogP contribution in [0, 0.1) is 0 Å². The Morgan fingerprint density at radius 2 is 2.27 bits per heavy atom. The van der Waals surface area contributed by atoms with Crippen molar-refractivity contribution in [1.29, 1.82) is 0 Å². The SMILES string of the molecule is CC(=O)O.CNC1CNC1=O. The molecular weight excluding hydrogens is 148 g/mol. The van der Waals surface area contributed by atoms with Crippen molar-refractivity contribution in [2.45, 2.75) is 13.0 Å². The molecule has 0 radical (unpaired) electrons. The van der Waals surface area contributed by atoms with Crippen molar-refractivity contribution in [2.75, 3.05) is 13.6 Å². The van der Waals surface area contributed by atoms with Gasteiger partial charge in [-0.15, -0.1) is 0 Å². The molecule has 1 fully saturated rings. The summed E-state index contributed by atoms with van der Waals surface area (Å²) in [5, 5.41) is 12.9. The Hall–Kier alpha value is -1.10. The highest BCUT2D eigenvalue weighted by Crippen LogP contribution is 1.89. The van der Waals surface area contributed by atoms with E-state index >= 15 is 0 Å². The molecule has 0 aromatic heterocycles. The zero-order chi connectivity index (χ0) is 8.85. The van der Waals surface area contributed by atoms with Crippen LogP contribution in [-0.4, -0.2) is 36.6 Å². The number of nitrogens with one attached hydrogen (secondary N) is 2. The number of likely N-dealkylation sites (N-methyl/N-ethyl adjacent to an activating group) is 1. The summed E-state index contributed by atoms with van der Waals surface area (Å²) in [7, 11) is 1.78. The summed E-state index contributed by atoms with van der Waals surface area (Å²) in [6, 6.07) is 0.0833. The number of hydrogen-bond acceptors (Lipinski definition) is 3. The Kier molecular flexibility index (Phi) is 4.21. The first-order valence-corrected chi connectivity index (χ1v) is 3.22. The zero-order valence-corrected chi connectivity index (χ0v) is 6.55. The van der Waals surface area contributed by atoms with Gasteiger partial charge >= 0.3 is 0 Å². The number of amides is 1. The molecule has 1 unspecified atom stereocenters. The van der Waals surface area contributed by atoms with Crippen LogP contribution in [0.25, 0.3) is 0 Å². The number of carboxylic acids is 1. The summed E-state index contributed by atoms with van der Waals surface area (Å²) >= 11 is 0. The fraction of sp³-hybridized carbons (Fsp3) is 0.667. The lowest BCUT2D eigenvalue weighted by Crippen LogP contribution is -2.59. The van der Waals surface area contributed by atoms with Crippen LogP contribution in [0.1, 0.15) is 6.92 Å². The lowest BCUT2D eigenvalue weighted by molar-refractivity contribution is -0.134. The third-order valence-corrected chi connectivity index (χ3v) is 1.15. The Morgan fingerprint density at radius 3 is 2.27 bits per heavy atom. The van der Waals surface area contributed by atoms with E-state index in [0.717, 1.165) is 13.5 Å². The predicted molar refractivity (Wildman–Crippen MR) is 39.2 cm³/mol. The van der Waals surface area contributed by atoms with Gasteiger partial charge in [0.1, 0.15) is 6.04 Å². The monoisotopic (exact) mass is 160 g/mol. The highest BCUT2D eigenvalue weighted by atomic mass is 16.4. The Labute approximate surface area is 64.8 Å². The van der Waals surface area contributed by atoms with Gasteiger partial charge in [0.05, 0.1) is 0 Å². The molecule has 1 heterocycles. The molecule has 64 valence electrons. The number of carboxylic acid groups (broad SMARTS) is 1. The van der Waals surface area contributed by atoms with Crippen molar-refractivity contribution in [3.8, 4) is 0 Å². The Balaban J connectivity index is 0.000000218. The first kappa shape index (κ1) is 9.90. The molecule has 1 aliphatic heterocycles. The molecule has 1 saturated heterocycles. The predicted octanol–water partition coefficient (Wildman–Crippen LogP) is -1.20. The number of rotatable bonds is 1. The van der Waals surface area contributed by atoms with Crippen LogP contribution in [0.4, 0.5) is 0 Å². The van der Waals surface area contributed by atoms with Gasteiger partial charge in [-0.3, -0.25) is 9.59 Å². The maximum atomic E-state index is 10.3. The third-order valence-electron chi connectivity index (χ3n) is 1.15. The third kappa shape index (κ3) is 4.32. The van der Waals surface area contributed by atoms with Crippen LogP contribution in [0.15, 0.2) is 0 Å². The molecule has 0 aromatic carbocycles. The molecule has 3 N–H and O–H groups in total. The molecular formula is C6H12N2O3. The van der Waals surface area contributed by atoms with Gasteiger partial charge in [0.15, 0.2) is 0 Å². The number of hydrogen-bond donors (Lipinski definition) is 3. The minimum Gasteiger partial charge on any atom is -0.481 e. The minimum atomic E-state index is -0.833. The van der Waals surface area contributed by atoms with Gasteiger partial charge in [0.2, 0.25) is 5.91 Å². The van der Waals surface area contributed by atoms with Crippen LogP contribution in [0.3, 0.4) is 0 Å². The van der Waals surface area contributed by atoms with Crippen molar-refractivity contribution in [3.05, 3.63) is 0 Å². The number of carbonyl (C=O) groups excluding carboxylic acids is 1. The Morgan fingerprint density at radius 1 is 1.82 bits per heavy atom. The van der Waals surface area contributed by atoms with Crippen molar-refractivity contribution in [3.63, 3.8) is 0 Å². The molecule has 5 heteroatoms. The van der Waals surface area contributed by atoms with Crippen LogP contribution < -0.4 is 10.6 Å². The van der Waals surface area contributed by atoms with Gasteiger partial charge < -0.3 is 15.7 Å². The largest absolute Gasteiger partial charge is 0.481 e. The number of β-lactam (4-membered cyclic amide) rings is 1. The highest BCUT2D eigenvalue weighted by Gasteiger charge is 2.24. The first-order chi connectivity index (χ1) is 5.07. The number of aliphatic carboxylic acids is 1. The summed E-state index contributed by atoms with van der Waals surface area (Å²) in [6.45, 7) is 1.87. The summed E-state index contributed by atoms with van der Waals surface area (Å²) in [5.41, 5.74) is 0. The number of carbonyl (C=O) groups is 2. The van der Waals surface area contributed by atoms with Crippen molar-refractivity contribution >= 4 is 11.9 Å². The molecule has 0 bridgehead atoms. The molecule has 5 nitrogen and oxygen atoms in total. The molecule has 1 amide bonds. The molecule has 1 rings (SSSR count). The quantitative estimate of drug-likeness (QED) is 0.421. The van der Waals surface area contributed by atoms with E-state index in [1.54, 1.807) is 7.05 Å². The summed E-state index contributed by atoms with van der Waals surface area (Å²) in [4.78, 5) is 19.3. The smallest absolute Gasteiger partial charge is 0.300 e. The Bertz CT molecular complexity index is 152. The fourth-order valence-electron chi connectivity index (χ4n) is 0.521. The normalized spacial score (nSPS) is 20.5. The molecule has 1 atom stereocenters. The average Bonchev–Trinajstić information content (AvgIpc) is 1.85. The highest BCUT2D eigenvalue weighted by molar-refractivity contribution is 5.87. The second-order valence-electron chi connectivity index (χ2n) is 2.11. The van der Waals surface area contributed by atoms with Crippen molar-refractivity contribution in [1.82, 2.24) is 10.6 Å². The van der Waals surface area contributed by atoms with Crippen LogP contribution >= 0.6 is 0 Å². The van der Waals surface area contributed by atoms with Gasteiger partial charge in [0, 0.05) is 13.5 Å². The molecule has 1 aliphatic rings. The van der Waals surface area contributed by atoms with Gasteiger partial charge in [-0.2, -0.15) is 0 Å². The molecule has 0 saturated carbocycles. The van der Waals surface area contributed by atoms with E-state index < -0.39 is 5.97 Å². The van der Waals surface area contributed by atoms with Crippen LogP contribution in [0.2, 0.25) is 0 Å². The topological polar surface area (TPSA) is 78.4 Å². The second kappa shape index (κ2) is 4.68. The van der Waals surface area contributed by atoms with Gasteiger partial charge in [-0.1, -0.05) is 0 Å². The van der Waals surface area contributed by atoms with E-state index in [1.165, 1.54) is 0 Å². The molecule has 0 aliphatic carbocycles. The van der Waals surface area contributed by atoms with Crippen LogP contribution in [-0.2, 0) is 9.59 Å². The molecule has 0 aromatic rings. The van der Waals surface area contributed by atoms with E-state index in [9.17, 15) is 4.79 Å². The fourth-order valence-corrected chi connectivity index (χ4v) is 0.521. The standard InChI is InChI=1S/C4H8N2O.C2H4O2/c1-5-3-2-6-4(3)7;1-2(3)4/h3,5H,2H2,1H3,(H,6,7);1H3,(H,3,4). The van der Waals surface area contributed by atoms with Gasteiger partial charge in [0.25, 0.3) is 5.97 Å². The summed E-state index contributed by atoms with van der Waals surface area (Å²) in [6.07, 6.45) is 0. The van der Waals surface area contributed by atoms with E-state index in [4.69, 9.17) is 9.90 Å². The van der Waals surface area contributed by atoms with E-state index in [1.807, 2.05) is 0 Å². The lowest BCUT2D eigenvalue weighted by Gasteiger charge is -2.24. The van der Waals surface area contributed by atoms with Crippen molar-refractivity contribution < 1.29 is 14.7 Å². The molecule has 11 heavy (non-hydrogen) atoms. The van der Waals surface area contributed by atoms with Gasteiger partial charge in [-0.05, 0) is 7.05 Å². The van der Waals surface area contributed by atoms with E-state index in [-0.39, 0.29) is 11.9 Å². The first-order valence-electron chi connectivity index (χ1n) is 3.22. The average molecular weight is 160 g/mol. The van der Waals surface area contributed by atoms with E-state index in [0.29, 0.717) is 0 Å². The summed E-state index contributed by atoms with van der Waals surface area (Å²) < 4.78 is 0. The zero-order valence-electron chi connectivity index (χ0n) is 6.55. The van der Waals surface area contributed by atoms with E-state index in [2.05, 4.69) is 10.6 Å². The van der Waals surface area contributed by atoms with Gasteiger partial charge in [-0.25, -0.2) is 0 Å². The summed E-state index contributed by atoms with van der Waals surface area (Å²) in [5.74, 6) is -0.720. The maximum absolute atomic E-state index is 10.3. The maximum Gasteiger partial charge on any atom is 0.300 e.